The lowest BCUT2D eigenvalue weighted by Gasteiger charge is -2.31. The van der Waals surface area contributed by atoms with Gasteiger partial charge in [0.05, 0.1) is 5.75 Å². The van der Waals surface area contributed by atoms with E-state index in [1.165, 1.54) is 5.56 Å². The van der Waals surface area contributed by atoms with Crippen molar-refractivity contribution in [3.05, 3.63) is 54.4 Å². The molecule has 24 heavy (non-hydrogen) atoms. The highest BCUT2D eigenvalue weighted by molar-refractivity contribution is 7.99. The van der Waals surface area contributed by atoms with Crippen LogP contribution in [0.25, 0.3) is 0 Å². The number of amides is 1. The summed E-state index contributed by atoms with van der Waals surface area (Å²) in [5, 5.41) is 0. The van der Waals surface area contributed by atoms with Crippen LogP contribution in [0.3, 0.4) is 0 Å². The highest BCUT2D eigenvalue weighted by Gasteiger charge is 2.24. The van der Waals surface area contributed by atoms with Gasteiger partial charge in [-0.15, -0.1) is 11.8 Å². The molecule has 3 rings (SSSR count). The van der Waals surface area contributed by atoms with Crippen molar-refractivity contribution in [3.63, 3.8) is 0 Å². The maximum absolute atomic E-state index is 12.3. The molecular weight excluding hydrogens is 322 g/mol. The van der Waals surface area contributed by atoms with Crippen LogP contribution in [0.5, 0.6) is 6.01 Å². The van der Waals surface area contributed by atoms with Crippen molar-refractivity contribution < 1.29 is 9.53 Å². The van der Waals surface area contributed by atoms with E-state index in [4.69, 9.17) is 4.74 Å². The standard InChI is InChI=1S/C18H21N3O2S/c22-17(14-24-13-15-5-2-1-3-6-15)21-11-7-16(8-12-21)23-18-19-9-4-10-20-18/h1-6,9-10,16H,7-8,11-14H2. The van der Waals surface area contributed by atoms with Crippen LogP contribution in [0.2, 0.25) is 0 Å². The maximum Gasteiger partial charge on any atom is 0.316 e. The van der Waals surface area contributed by atoms with E-state index in [1.54, 1.807) is 30.2 Å². The molecule has 1 fully saturated rings. The molecular formula is C18H21N3O2S. The summed E-state index contributed by atoms with van der Waals surface area (Å²) in [6.45, 7) is 1.48. The van der Waals surface area contributed by atoms with Gasteiger partial charge >= 0.3 is 6.01 Å². The molecule has 0 N–H and O–H groups in total. The Morgan fingerprint density at radius 3 is 2.54 bits per heavy atom. The molecule has 0 aliphatic carbocycles. The second-order valence-corrected chi connectivity index (χ2v) is 6.69. The van der Waals surface area contributed by atoms with Gasteiger partial charge in [-0.05, 0) is 11.6 Å². The molecule has 1 aromatic heterocycles. The predicted octanol–water partition coefficient (Wildman–Crippen LogP) is 2.78. The molecule has 2 heterocycles. The largest absolute Gasteiger partial charge is 0.460 e. The lowest BCUT2D eigenvalue weighted by molar-refractivity contribution is -0.130. The summed E-state index contributed by atoms with van der Waals surface area (Å²) in [5.41, 5.74) is 1.25. The van der Waals surface area contributed by atoms with Gasteiger partial charge in [-0.3, -0.25) is 4.79 Å². The predicted molar refractivity (Wildman–Crippen MR) is 94.9 cm³/mol. The van der Waals surface area contributed by atoms with Crippen LogP contribution < -0.4 is 4.74 Å². The van der Waals surface area contributed by atoms with Gasteiger partial charge in [0.2, 0.25) is 5.91 Å². The molecule has 5 nitrogen and oxygen atoms in total. The number of thioether (sulfide) groups is 1. The van der Waals surface area contributed by atoms with E-state index < -0.39 is 0 Å². The SMILES string of the molecule is O=C(CSCc1ccccc1)N1CCC(Oc2ncccn2)CC1. The second-order valence-electron chi connectivity index (χ2n) is 5.71. The Kier molecular flexibility index (Phi) is 6.07. The normalized spacial score (nSPS) is 15.2. The smallest absolute Gasteiger partial charge is 0.316 e. The third-order valence-corrected chi connectivity index (χ3v) is 4.93. The number of hydrogen-bond acceptors (Lipinski definition) is 5. The van der Waals surface area contributed by atoms with E-state index in [1.807, 2.05) is 23.1 Å². The maximum atomic E-state index is 12.3. The Morgan fingerprint density at radius 2 is 1.83 bits per heavy atom. The molecule has 0 bridgehead atoms. The third-order valence-electron chi connectivity index (χ3n) is 3.95. The summed E-state index contributed by atoms with van der Waals surface area (Å²) >= 11 is 1.67. The molecule has 1 amide bonds. The zero-order valence-corrected chi connectivity index (χ0v) is 14.3. The molecule has 0 atom stereocenters. The van der Waals surface area contributed by atoms with Crippen LogP contribution in [0.4, 0.5) is 0 Å². The molecule has 126 valence electrons. The summed E-state index contributed by atoms with van der Waals surface area (Å²) < 4.78 is 5.76. The number of piperidine rings is 1. The number of hydrogen-bond donors (Lipinski definition) is 0. The number of ether oxygens (including phenoxy) is 1. The van der Waals surface area contributed by atoms with Gasteiger partial charge in [0.25, 0.3) is 0 Å². The number of benzene rings is 1. The van der Waals surface area contributed by atoms with Crippen LogP contribution in [-0.2, 0) is 10.5 Å². The molecule has 1 aromatic carbocycles. The first-order chi connectivity index (χ1) is 11.8. The number of nitrogens with zero attached hydrogens (tertiary/aromatic N) is 3. The lowest BCUT2D eigenvalue weighted by atomic mass is 10.1. The van der Waals surface area contributed by atoms with Gasteiger partial charge in [-0.2, -0.15) is 0 Å². The fraction of sp³-hybridized carbons (Fsp3) is 0.389. The van der Waals surface area contributed by atoms with Gasteiger partial charge in [0.1, 0.15) is 6.10 Å². The van der Waals surface area contributed by atoms with Gasteiger partial charge in [-0.1, -0.05) is 30.3 Å². The lowest BCUT2D eigenvalue weighted by Crippen LogP contribution is -2.42. The van der Waals surface area contributed by atoms with Gasteiger partial charge in [-0.25, -0.2) is 9.97 Å². The van der Waals surface area contributed by atoms with E-state index >= 15 is 0 Å². The summed E-state index contributed by atoms with van der Waals surface area (Å²) in [6.07, 6.45) is 5.09. The van der Waals surface area contributed by atoms with Crippen molar-refractivity contribution in [3.8, 4) is 6.01 Å². The van der Waals surface area contributed by atoms with Crippen molar-refractivity contribution in [2.75, 3.05) is 18.8 Å². The zero-order chi connectivity index (χ0) is 16.6. The molecule has 0 radical (unpaired) electrons. The fourth-order valence-corrected chi connectivity index (χ4v) is 3.53. The fourth-order valence-electron chi connectivity index (χ4n) is 2.64. The molecule has 1 aliphatic rings. The minimum atomic E-state index is 0.0911. The monoisotopic (exact) mass is 343 g/mol. The average molecular weight is 343 g/mol. The number of carbonyl (C=O) groups is 1. The van der Waals surface area contributed by atoms with Gasteiger partial charge in [0.15, 0.2) is 0 Å². The molecule has 0 unspecified atom stereocenters. The molecule has 0 saturated carbocycles. The summed E-state index contributed by atoms with van der Waals surface area (Å²) in [6, 6.07) is 12.4. The van der Waals surface area contributed by atoms with E-state index in [0.717, 1.165) is 31.7 Å². The van der Waals surface area contributed by atoms with E-state index in [2.05, 4.69) is 22.1 Å². The topological polar surface area (TPSA) is 55.3 Å². The van der Waals surface area contributed by atoms with Crippen LogP contribution in [0, 0.1) is 0 Å². The van der Waals surface area contributed by atoms with E-state index in [9.17, 15) is 4.79 Å². The summed E-state index contributed by atoms with van der Waals surface area (Å²) in [4.78, 5) is 22.4. The highest BCUT2D eigenvalue weighted by Crippen LogP contribution is 2.18. The summed E-state index contributed by atoms with van der Waals surface area (Å²) in [7, 11) is 0. The Labute approximate surface area is 146 Å². The number of carbonyl (C=O) groups excluding carboxylic acids is 1. The quantitative estimate of drug-likeness (QED) is 0.807. The Bertz CT molecular complexity index is 631. The van der Waals surface area contributed by atoms with Gasteiger partial charge < -0.3 is 9.64 Å². The van der Waals surface area contributed by atoms with Crippen molar-refractivity contribution in [1.29, 1.82) is 0 Å². The number of likely N-dealkylation sites (tertiary alicyclic amines) is 1. The van der Waals surface area contributed by atoms with Crippen LogP contribution in [-0.4, -0.2) is 45.7 Å². The van der Waals surface area contributed by atoms with E-state index in [0.29, 0.717) is 11.8 Å². The van der Waals surface area contributed by atoms with Crippen LogP contribution in [0.15, 0.2) is 48.8 Å². The average Bonchev–Trinajstić information content (AvgIpc) is 2.64. The Morgan fingerprint density at radius 1 is 1.12 bits per heavy atom. The molecule has 0 spiro atoms. The molecule has 1 saturated heterocycles. The Balaban J connectivity index is 1.37. The Hall–Kier alpha value is -2.08. The van der Waals surface area contributed by atoms with Crippen LogP contribution >= 0.6 is 11.8 Å². The van der Waals surface area contributed by atoms with Gasteiger partial charge in [0, 0.05) is 44.1 Å². The van der Waals surface area contributed by atoms with Crippen LogP contribution in [0.1, 0.15) is 18.4 Å². The van der Waals surface area contributed by atoms with E-state index in [-0.39, 0.29) is 12.0 Å². The third kappa shape index (κ3) is 4.96. The van der Waals surface area contributed by atoms with Crippen molar-refractivity contribution in [2.45, 2.75) is 24.7 Å². The highest BCUT2D eigenvalue weighted by atomic mass is 32.2. The van der Waals surface area contributed by atoms with Crippen molar-refractivity contribution in [2.24, 2.45) is 0 Å². The molecule has 1 aliphatic heterocycles. The summed E-state index contributed by atoms with van der Waals surface area (Å²) in [5.74, 6) is 1.62. The zero-order valence-electron chi connectivity index (χ0n) is 13.5. The first-order valence-electron chi connectivity index (χ1n) is 8.14. The molecule has 2 aromatic rings. The minimum Gasteiger partial charge on any atom is -0.460 e. The number of aromatic nitrogens is 2. The minimum absolute atomic E-state index is 0.0911. The molecule has 6 heteroatoms. The first-order valence-corrected chi connectivity index (χ1v) is 9.30. The second kappa shape index (κ2) is 8.68. The van der Waals surface area contributed by atoms with Crippen molar-refractivity contribution in [1.82, 2.24) is 14.9 Å². The first kappa shape index (κ1) is 16.8. The number of rotatable bonds is 6. The van der Waals surface area contributed by atoms with Crippen molar-refractivity contribution >= 4 is 17.7 Å².